The molecular weight excluding hydrogens is 572 g/mol. The lowest BCUT2D eigenvalue weighted by Gasteiger charge is -2.15. The van der Waals surface area contributed by atoms with Gasteiger partial charge in [-0.3, -0.25) is 9.59 Å². The molecule has 0 aliphatic heterocycles. The van der Waals surface area contributed by atoms with E-state index in [1.165, 1.54) is 161 Å². The predicted octanol–water partition coefficient (Wildman–Crippen LogP) is 12.5. The summed E-state index contributed by atoms with van der Waals surface area (Å²) < 4.78 is 10.6. The molecule has 272 valence electrons. The molecular formula is C41H78O5. The second-order valence-electron chi connectivity index (χ2n) is 13.7. The maximum absolute atomic E-state index is 12.2. The van der Waals surface area contributed by atoms with E-state index in [0.29, 0.717) is 12.8 Å². The number of carbonyl (C=O) groups is 2. The van der Waals surface area contributed by atoms with Crippen molar-refractivity contribution in [3.05, 3.63) is 12.2 Å². The highest BCUT2D eigenvalue weighted by molar-refractivity contribution is 5.70. The van der Waals surface area contributed by atoms with Crippen molar-refractivity contribution in [2.75, 3.05) is 13.2 Å². The van der Waals surface area contributed by atoms with E-state index >= 15 is 0 Å². The minimum absolute atomic E-state index is 0.0614. The van der Waals surface area contributed by atoms with Crippen LogP contribution < -0.4 is 0 Å². The van der Waals surface area contributed by atoms with Crippen molar-refractivity contribution in [3.63, 3.8) is 0 Å². The first kappa shape index (κ1) is 44.6. The molecule has 0 heterocycles. The molecule has 5 nitrogen and oxygen atoms in total. The zero-order valence-electron chi connectivity index (χ0n) is 30.9. The second-order valence-corrected chi connectivity index (χ2v) is 13.7. The van der Waals surface area contributed by atoms with E-state index in [0.717, 1.165) is 32.1 Å². The summed E-state index contributed by atoms with van der Waals surface area (Å²) in [6.07, 6.45) is 42.7. The minimum Gasteiger partial charge on any atom is -0.462 e. The third-order valence-corrected chi connectivity index (χ3v) is 9.06. The first-order chi connectivity index (χ1) is 22.6. The average Bonchev–Trinajstić information content (AvgIpc) is 3.06. The molecule has 5 heteroatoms. The molecule has 46 heavy (non-hydrogen) atoms. The summed E-state index contributed by atoms with van der Waals surface area (Å²) in [6, 6.07) is 0. The summed E-state index contributed by atoms with van der Waals surface area (Å²) in [4.78, 5) is 24.2. The van der Waals surface area contributed by atoms with Gasteiger partial charge in [-0.05, 0) is 38.5 Å². The normalized spacial score (nSPS) is 12.2. The Kier molecular flexibility index (Phi) is 37.0. The molecule has 0 aromatic carbocycles. The fourth-order valence-electron chi connectivity index (χ4n) is 5.96. The molecule has 0 aliphatic rings. The predicted molar refractivity (Wildman–Crippen MR) is 196 cm³/mol. The maximum Gasteiger partial charge on any atom is 0.306 e. The van der Waals surface area contributed by atoms with Crippen molar-refractivity contribution in [2.24, 2.45) is 0 Å². The quantitative estimate of drug-likeness (QED) is 0.0411. The SMILES string of the molecule is CCCCCC/C=C\CCCCCCCCCC(=O)O[C@@H](CO)COC(=O)CCCCCCCCCCCCCCCCCCC. The molecule has 0 unspecified atom stereocenters. The van der Waals surface area contributed by atoms with E-state index < -0.39 is 6.10 Å². The summed E-state index contributed by atoms with van der Waals surface area (Å²) in [6.45, 7) is 4.14. The summed E-state index contributed by atoms with van der Waals surface area (Å²) in [5.74, 6) is -0.585. The van der Waals surface area contributed by atoms with Crippen molar-refractivity contribution in [1.29, 1.82) is 0 Å². The Morgan fingerprint density at radius 2 is 0.804 bits per heavy atom. The number of ether oxygens (including phenoxy) is 2. The third kappa shape index (κ3) is 35.5. The smallest absolute Gasteiger partial charge is 0.306 e. The molecule has 0 aromatic rings. The number of allylic oxidation sites excluding steroid dienone is 2. The zero-order chi connectivity index (χ0) is 33.6. The van der Waals surface area contributed by atoms with Crippen LogP contribution in [0.25, 0.3) is 0 Å². The Hall–Kier alpha value is -1.36. The molecule has 0 radical (unpaired) electrons. The molecule has 1 atom stereocenters. The van der Waals surface area contributed by atoms with Crippen LogP contribution in [0.4, 0.5) is 0 Å². The first-order valence-electron chi connectivity index (χ1n) is 20.2. The van der Waals surface area contributed by atoms with Crippen LogP contribution >= 0.6 is 0 Å². The number of unbranched alkanes of at least 4 members (excludes halogenated alkanes) is 27. The van der Waals surface area contributed by atoms with E-state index in [-0.39, 0.29) is 25.2 Å². The van der Waals surface area contributed by atoms with E-state index in [1.807, 2.05) is 0 Å². The fraction of sp³-hybridized carbons (Fsp3) is 0.902. The zero-order valence-corrected chi connectivity index (χ0v) is 30.9. The van der Waals surface area contributed by atoms with Gasteiger partial charge >= 0.3 is 11.9 Å². The summed E-state index contributed by atoms with van der Waals surface area (Å²) >= 11 is 0. The Morgan fingerprint density at radius 1 is 0.478 bits per heavy atom. The van der Waals surface area contributed by atoms with E-state index in [1.54, 1.807) is 0 Å². The van der Waals surface area contributed by atoms with Crippen LogP contribution in [0.2, 0.25) is 0 Å². The molecule has 0 rings (SSSR count). The first-order valence-corrected chi connectivity index (χ1v) is 20.2. The Morgan fingerprint density at radius 3 is 1.20 bits per heavy atom. The lowest BCUT2D eigenvalue weighted by Crippen LogP contribution is -2.28. The van der Waals surface area contributed by atoms with Crippen LogP contribution in [0.5, 0.6) is 0 Å². The van der Waals surface area contributed by atoms with Crippen molar-refractivity contribution in [1.82, 2.24) is 0 Å². The maximum atomic E-state index is 12.2. The van der Waals surface area contributed by atoms with Crippen LogP contribution in [0.3, 0.4) is 0 Å². The molecule has 0 fully saturated rings. The van der Waals surface area contributed by atoms with Crippen LogP contribution in [-0.4, -0.2) is 36.4 Å². The molecule has 0 saturated heterocycles. The van der Waals surface area contributed by atoms with Gasteiger partial charge in [0.05, 0.1) is 6.61 Å². The molecule has 0 spiro atoms. The van der Waals surface area contributed by atoms with Gasteiger partial charge in [-0.1, -0.05) is 180 Å². The number of carbonyl (C=O) groups excluding carboxylic acids is 2. The highest BCUT2D eigenvalue weighted by Gasteiger charge is 2.16. The number of aliphatic hydroxyl groups excluding tert-OH is 1. The molecule has 0 aromatic heterocycles. The number of aliphatic hydroxyl groups is 1. The van der Waals surface area contributed by atoms with Crippen LogP contribution in [-0.2, 0) is 19.1 Å². The topological polar surface area (TPSA) is 72.8 Å². The standard InChI is InChI=1S/C41H78O5/c1-3-5-7-9-11-13-15-17-19-20-22-23-25-27-29-31-33-35-40(43)45-38-39(37-42)46-41(44)36-34-32-30-28-26-24-21-18-16-14-12-10-8-6-4-2/h14,16,39,42H,3-13,15,17-38H2,1-2H3/b16-14-/t39-/m0/s1. The van der Waals surface area contributed by atoms with Gasteiger partial charge in [0.1, 0.15) is 6.61 Å². The Bertz CT molecular complexity index is 661. The van der Waals surface area contributed by atoms with Crippen LogP contribution in [0.15, 0.2) is 12.2 Å². The van der Waals surface area contributed by atoms with Gasteiger partial charge < -0.3 is 14.6 Å². The van der Waals surface area contributed by atoms with E-state index in [4.69, 9.17) is 9.47 Å². The van der Waals surface area contributed by atoms with Gasteiger partial charge in [0.2, 0.25) is 0 Å². The molecule has 0 bridgehead atoms. The second kappa shape index (κ2) is 38.1. The van der Waals surface area contributed by atoms with Crippen molar-refractivity contribution in [3.8, 4) is 0 Å². The highest BCUT2D eigenvalue weighted by Crippen LogP contribution is 2.15. The summed E-state index contributed by atoms with van der Waals surface area (Å²) in [7, 11) is 0. The van der Waals surface area contributed by atoms with Gasteiger partial charge in [0.25, 0.3) is 0 Å². The molecule has 0 saturated carbocycles. The number of hydrogen-bond acceptors (Lipinski definition) is 5. The van der Waals surface area contributed by atoms with Gasteiger partial charge in [-0.2, -0.15) is 0 Å². The number of rotatable bonds is 37. The minimum atomic E-state index is -0.766. The average molecular weight is 651 g/mol. The Balaban J connectivity index is 3.51. The summed E-state index contributed by atoms with van der Waals surface area (Å²) in [5, 5.41) is 9.55. The van der Waals surface area contributed by atoms with Gasteiger partial charge in [0.15, 0.2) is 6.10 Å². The Labute approximate surface area is 286 Å². The third-order valence-electron chi connectivity index (χ3n) is 9.06. The summed E-state index contributed by atoms with van der Waals surface area (Å²) in [5.41, 5.74) is 0. The van der Waals surface area contributed by atoms with Gasteiger partial charge in [0, 0.05) is 12.8 Å². The van der Waals surface area contributed by atoms with Crippen LogP contribution in [0, 0.1) is 0 Å². The van der Waals surface area contributed by atoms with E-state index in [2.05, 4.69) is 26.0 Å². The largest absolute Gasteiger partial charge is 0.462 e. The lowest BCUT2D eigenvalue weighted by molar-refractivity contribution is -0.161. The molecule has 1 N–H and O–H groups in total. The number of hydrogen-bond donors (Lipinski definition) is 1. The highest BCUT2D eigenvalue weighted by atomic mass is 16.6. The van der Waals surface area contributed by atoms with Crippen molar-refractivity contribution in [2.45, 2.75) is 225 Å². The van der Waals surface area contributed by atoms with E-state index in [9.17, 15) is 14.7 Å². The van der Waals surface area contributed by atoms with Crippen LogP contribution in [0.1, 0.15) is 219 Å². The lowest BCUT2D eigenvalue weighted by atomic mass is 10.0. The van der Waals surface area contributed by atoms with Gasteiger partial charge in [-0.15, -0.1) is 0 Å². The molecule has 0 amide bonds. The fourth-order valence-corrected chi connectivity index (χ4v) is 5.96. The van der Waals surface area contributed by atoms with Crippen molar-refractivity contribution < 1.29 is 24.2 Å². The molecule has 0 aliphatic carbocycles. The monoisotopic (exact) mass is 651 g/mol. The van der Waals surface area contributed by atoms with Crippen molar-refractivity contribution >= 4 is 11.9 Å². The number of esters is 2. The van der Waals surface area contributed by atoms with Gasteiger partial charge in [-0.25, -0.2) is 0 Å².